The number of carbonyl (C=O) groups is 1. The Hall–Kier alpha value is -1.04. The van der Waals surface area contributed by atoms with Gasteiger partial charge in [-0.05, 0) is 30.7 Å². The van der Waals surface area contributed by atoms with E-state index in [-0.39, 0.29) is 12.0 Å². The molecule has 0 bridgehead atoms. The predicted molar refractivity (Wildman–Crippen MR) is 84.5 cm³/mol. The van der Waals surface area contributed by atoms with E-state index in [1.54, 1.807) is 0 Å². The minimum atomic E-state index is -0.167. The highest BCUT2D eigenvalue weighted by molar-refractivity contribution is 7.99. The van der Waals surface area contributed by atoms with Gasteiger partial charge in [0.15, 0.2) is 0 Å². The highest BCUT2D eigenvalue weighted by Gasteiger charge is 2.36. The van der Waals surface area contributed by atoms with E-state index < -0.39 is 0 Å². The van der Waals surface area contributed by atoms with Gasteiger partial charge in [-0.25, -0.2) is 0 Å². The lowest BCUT2D eigenvalue weighted by Crippen LogP contribution is -2.56. The molecule has 21 heavy (non-hydrogen) atoms. The first-order valence-corrected chi connectivity index (χ1v) is 8.64. The zero-order valence-electron chi connectivity index (χ0n) is 12.4. The molecule has 0 amide bonds. The van der Waals surface area contributed by atoms with Crippen LogP contribution in [0, 0.1) is 0 Å². The summed E-state index contributed by atoms with van der Waals surface area (Å²) >= 11 is 1.92. The molecular weight excluding hydrogens is 284 g/mol. The third-order valence-electron chi connectivity index (χ3n) is 4.17. The zero-order valence-corrected chi connectivity index (χ0v) is 13.2. The molecule has 1 aromatic rings. The average molecular weight is 306 g/mol. The molecule has 1 aromatic carbocycles. The summed E-state index contributed by atoms with van der Waals surface area (Å²) in [7, 11) is 0. The fourth-order valence-corrected chi connectivity index (χ4v) is 4.32. The number of rotatable bonds is 3. The number of thioether (sulfide) groups is 1. The van der Waals surface area contributed by atoms with Crippen molar-refractivity contribution in [3.63, 3.8) is 0 Å². The van der Waals surface area contributed by atoms with Gasteiger partial charge in [0.2, 0.25) is 0 Å². The van der Waals surface area contributed by atoms with E-state index in [9.17, 15) is 4.79 Å². The summed E-state index contributed by atoms with van der Waals surface area (Å²) in [5, 5.41) is 3.32. The van der Waals surface area contributed by atoms with E-state index in [0.29, 0.717) is 19.2 Å². The highest BCUT2D eigenvalue weighted by Crippen LogP contribution is 2.40. The quantitative estimate of drug-likeness (QED) is 0.866. The van der Waals surface area contributed by atoms with E-state index in [0.717, 1.165) is 25.3 Å². The Morgan fingerprint density at radius 1 is 1.48 bits per heavy atom. The maximum absolute atomic E-state index is 12.3. The molecule has 4 nitrogen and oxygen atoms in total. The first-order valence-electron chi connectivity index (χ1n) is 7.66. The standard InChI is InChI=1S/C16H22N2O2S/c1-2-20-16(19)14-11-17-8-9-18(14)13-7-10-21-15-6-4-3-5-12(13)15/h3-6,13-14,17H,2,7-11H2,1H3. The zero-order chi connectivity index (χ0) is 14.7. The number of benzene rings is 1. The first kappa shape index (κ1) is 14.9. The summed E-state index contributed by atoms with van der Waals surface area (Å²) in [5.41, 5.74) is 1.37. The number of nitrogens with zero attached hydrogens (tertiary/aromatic N) is 1. The van der Waals surface area contributed by atoms with Crippen molar-refractivity contribution < 1.29 is 9.53 Å². The van der Waals surface area contributed by atoms with Crippen molar-refractivity contribution in [2.75, 3.05) is 32.0 Å². The SMILES string of the molecule is CCOC(=O)C1CNCCN1C1CCSc2ccccc21. The Morgan fingerprint density at radius 3 is 3.19 bits per heavy atom. The Morgan fingerprint density at radius 2 is 2.33 bits per heavy atom. The Bertz CT molecular complexity index is 509. The van der Waals surface area contributed by atoms with Gasteiger partial charge in [0.05, 0.1) is 6.61 Å². The second-order valence-corrected chi connectivity index (χ2v) is 6.54. The van der Waals surface area contributed by atoms with Crippen molar-refractivity contribution in [1.29, 1.82) is 0 Å². The first-order chi connectivity index (χ1) is 10.3. The Kier molecular flexibility index (Phi) is 4.83. The maximum atomic E-state index is 12.3. The van der Waals surface area contributed by atoms with Gasteiger partial charge in [-0.2, -0.15) is 0 Å². The number of ether oxygens (including phenoxy) is 1. The third kappa shape index (κ3) is 3.10. The summed E-state index contributed by atoms with van der Waals surface area (Å²) in [5.74, 6) is 1.02. The number of piperazine rings is 1. The van der Waals surface area contributed by atoms with Crippen molar-refractivity contribution in [2.24, 2.45) is 0 Å². The topological polar surface area (TPSA) is 41.6 Å². The predicted octanol–water partition coefficient (Wildman–Crippen LogP) is 2.06. The van der Waals surface area contributed by atoms with Crippen molar-refractivity contribution >= 4 is 17.7 Å². The van der Waals surface area contributed by atoms with Gasteiger partial charge in [-0.15, -0.1) is 11.8 Å². The summed E-state index contributed by atoms with van der Waals surface area (Å²) < 4.78 is 5.26. The molecule has 1 N–H and O–H groups in total. The molecule has 1 saturated heterocycles. The van der Waals surface area contributed by atoms with Crippen LogP contribution in [0.15, 0.2) is 29.2 Å². The maximum Gasteiger partial charge on any atom is 0.324 e. The number of hydrogen-bond donors (Lipinski definition) is 1. The van der Waals surface area contributed by atoms with Crippen LogP contribution in [0.5, 0.6) is 0 Å². The second kappa shape index (κ2) is 6.81. The minimum Gasteiger partial charge on any atom is -0.465 e. The van der Waals surface area contributed by atoms with Gasteiger partial charge in [-0.1, -0.05) is 18.2 Å². The molecule has 0 radical (unpaired) electrons. The number of nitrogens with one attached hydrogen (secondary N) is 1. The van der Waals surface area contributed by atoms with Gasteiger partial charge < -0.3 is 10.1 Å². The smallest absolute Gasteiger partial charge is 0.324 e. The van der Waals surface area contributed by atoms with E-state index >= 15 is 0 Å². The van der Waals surface area contributed by atoms with Crippen molar-refractivity contribution in [3.05, 3.63) is 29.8 Å². The average Bonchev–Trinajstić information content (AvgIpc) is 2.54. The van der Waals surface area contributed by atoms with Crippen molar-refractivity contribution in [3.8, 4) is 0 Å². The fourth-order valence-electron chi connectivity index (χ4n) is 3.22. The van der Waals surface area contributed by atoms with Crippen LogP contribution in [0.3, 0.4) is 0 Å². The number of fused-ring (bicyclic) bond motifs is 1. The van der Waals surface area contributed by atoms with E-state index in [4.69, 9.17) is 4.74 Å². The molecule has 2 heterocycles. The molecule has 0 aliphatic carbocycles. The fraction of sp³-hybridized carbons (Fsp3) is 0.562. The van der Waals surface area contributed by atoms with Crippen LogP contribution in [0.1, 0.15) is 24.9 Å². The van der Waals surface area contributed by atoms with Crippen molar-refractivity contribution in [2.45, 2.75) is 30.3 Å². The Labute approximate surface area is 130 Å². The summed E-state index contributed by atoms with van der Waals surface area (Å²) in [4.78, 5) is 16.0. The molecule has 2 atom stereocenters. The lowest BCUT2D eigenvalue weighted by Gasteiger charge is -2.42. The number of hydrogen-bond acceptors (Lipinski definition) is 5. The van der Waals surface area contributed by atoms with Crippen LogP contribution in [-0.4, -0.2) is 48.9 Å². The van der Waals surface area contributed by atoms with Crippen LogP contribution < -0.4 is 5.32 Å². The van der Waals surface area contributed by atoms with Crippen LogP contribution in [-0.2, 0) is 9.53 Å². The number of carbonyl (C=O) groups excluding carboxylic acids is 1. The van der Waals surface area contributed by atoms with Crippen LogP contribution >= 0.6 is 11.8 Å². The third-order valence-corrected chi connectivity index (χ3v) is 5.29. The van der Waals surface area contributed by atoms with Gasteiger partial charge >= 0.3 is 5.97 Å². The van der Waals surface area contributed by atoms with Crippen molar-refractivity contribution in [1.82, 2.24) is 10.2 Å². The van der Waals surface area contributed by atoms with E-state index in [2.05, 4.69) is 34.5 Å². The number of esters is 1. The van der Waals surface area contributed by atoms with Crippen LogP contribution in [0.25, 0.3) is 0 Å². The van der Waals surface area contributed by atoms with Gasteiger partial charge in [0.25, 0.3) is 0 Å². The molecule has 2 aliphatic rings. The highest BCUT2D eigenvalue weighted by atomic mass is 32.2. The molecule has 2 unspecified atom stereocenters. The molecule has 3 rings (SSSR count). The lowest BCUT2D eigenvalue weighted by atomic mass is 9.99. The molecule has 0 aromatic heterocycles. The monoisotopic (exact) mass is 306 g/mol. The van der Waals surface area contributed by atoms with Crippen LogP contribution in [0.4, 0.5) is 0 Å². The Balaban J connectivity index is 1.85. The lowest BCUT2D eigenvalue weighted by molar-refractivity contribution is -0.151. The van der Waals surface area contributed by atoms with Crippen LogP contribution in [0.2, 0.25) is 0 Å². The van der Waals surface area contributed by atoms with Gasteiger partial charge in [0, 0.05) is 30.6 Å². The molecule has 2 aliphatic heterocycles. The summed E-state index contributed by atoms with van der Waals surface area (Å²) in [6, 6.07) is 8.75. The summed E-state index contributed by atoms with van der Waals surface area (Å²) in [6.45, 7) is 4.82. The molecule has 0 spiro atoms. The molecular formula is C16H22N2O2S. The second-order valence-electron chi connectivity index (χ2n) is 5.40. The van der Waals surface area contributed by atoms with Gasteiger partial charge in [0.1, 0.15) is 6.04 Å². The normalized spacial score (nSPS) is 26.1. The molecule has 5 heteroatoms. The molecule has 114 valence electrons. The molecule has 0 saturated carbocycles. The van der Waals surface area contributed by atoms with E-state index in [1.165, 1.54) is 10.5 Å². The molecule has 1 fully saturated rings. The van der Waals surface area contributed by atoms with E-state index in [1.807, 2.05) is 18.7 Å². The van der Waals surface area contributed by atoms with Gasteiger partial charge in [-0.3, -0.25) is 9.69 Å². The largest absolute Gasteiger partial charge is 0.465 e. The summed E-state index contributed by atoms with van der Waals surface area (Å²) in [6.07, 6.45) is 1.09. The minimum absolute atomic E-state index is 0.0968.